The number of benzene rings is 2. The molecule has 0 saturated heterocycles. The zero-order valence-corrected chi connectivity index (χ0v) is 16.4. The Morgan fingerprint density at radius 2 is 1.59 bits per heavy atom. The molecule has 2 aromatic carbocycles. The normalized spacial score (nSPS) is 10.6. The monoisotopic (exact) mass is 401 g/mol. The Morgan fingerprint density at radius 1 is 0.828 bits per heavy atom. The highest BCUT2D eigenvalue weighted by Crippen LogP contribution is 2.21. The summed E-state index contributed by atoms with van der Waals surface area (Å²) in [7, 11) is 0. The van der Waals surface area contributed by atoms with Crippen molar-refractivity contribution in [2.24, 2.45) is 0 Å². The van der Waals surface area contributed by atoms with Crippen molar-refractivity contribution in [3.8, 4) is 11.1 Å². The first kappa shape index (κ1) is 18.9. The molecule has 0 aliphatic heterocycles. The van der Waals surface area contributed by atoms with E-state index in [4.69, 9.17) is 4.42 Å². The lowest BCUT2D eigenvalue weighted by Gasteiger charge is -2.06. The third kappa shape index (κ3) is 4.70. The number of carbonyl (C=O) groups excluding carboxylic acids is 2. The van der Waals surface area contributed by atoms with Gasteiger partial charge in [0.25, 0.3) is 0 Å². The summed E-state index contributed by atoms with van der Waals surface area (Å²) in [5.74, 6) is 0.127. The van der Waals surface area contributed by atoms with Crippen molar-refractivity contribution in [3.05, 3.63) is 106 Å². The van der Waals surface area contributed by atoms with E-state index in [0.29, 0.717) is 23.6 Å². The molecular weight excluding hydrogens is 382 g/mol. The van der Waals surface area contributed by atoms with E-state index in [0.717, 1.165) is 21.6 Å². The van der Waals surface area contributed by atoms with Gasteiger partial charge in [0.1, 0.15) is 0 Å². The average Bonchev–Trinajstić information content (AvgIpc) is 3.45. The highest BCUT2D eigenvalue weighted by atomic mass is 32.1. The van der Waals surface area contributed by atoms with Gasteiger partial charge in [-0.05, 0) is 41.0 Å². The van der Waals surface area contributed by atoms with Crippen LogP contribution in [0.3, 0.4) is 0 Å². The highest BCUT2D eigenvalue weighted by molar-refractivity contribution is 7.14. The first-order valence-corrected chi connectivity index (χ1v) is 10.1. The summed E-state index contributed by atoms with van der Waals surface area (Å²) in [6, 6.07) is 25.1. The van der Waals surface area contributed by atoms with E-state index in [1.54, 1.807) is 18.2 Å². The first-order chi connectivity index (χ1) is 14.2. The fraction of sp³-hybridized carbons (Fsp3) is 0.0833. The van der Waals surface area contributed by atoms with Gasteiger partial charge in [0.2, 0.25) is 11.7 Å². The van der Waals surface area contributed by atoms with Crippen LogP contribution in [0.2, 0.25) is 0 Å². The van der Waals surface area contributed by atoms with Crippen molar-refractivity contribution in [1.29, 1.82) is 0 Å². The summed E-state index contributed by atoms with van der Waals surface area (Å²) in [5, 5.41) is 2.92. The third-order valence-corrected chi connectivity index (χ3v) is 5.60. The zero-order valence-electron chi connectivity index (χ0n) is 15.6. The molecule has 4 aromatic rings. The van der Waals surface area contributed by atoms with Gasteiger partial charge in [-0.15, -0.1) is 11.3 Å². The predicted octanol–water partition coefficient (Wildman–Crippen LogP) is 5.10. The van der Waals surface area contributed by atoms with Crippen molar-refractivity contribution in [2.45, 2.75) is 13.0 Å². The van der Waals surface area contributed by atoms with Gasteiger partial charge < -0.3 is 9.73 Å². The fourth-order valence-electron chi connectivity index (χ4n) is 3.00. The van der Waals surface area contributed by atoms with Gasteiger partial charge in [0.15, 0.2) is 5.76 Å². The van der Waals surface area contributed by atoms with Crippen molar-refractivity contribution in [2.75, 3.05) is 0 Å². The second-order valence-electron chi connectivity index (χ2n) is 6.59. The topological polar surface area (TPSA) is 59.3 Å². The van der Waals surface area contributed by atoms with E-state index < -0.39 is 0 Å². The van der Waals surface area contributed by atoms with Crippen molar-refractivity contribution < 1.29 is 14.0 Å². The number of thiophene rings is 1. The van der Waals surface area contributed by atoms with E-state index in [-0.39, 0.29) is 11.7 Å². The molecule has 1 N–H and O–H groups in total. The Kier molecular flexibility index (Phi) is 5.68. The molecule has 0 bridgehead atoms. The Balaban J connectivity index is 1.31. The maximum Gasteiger partial charge on any atom is 0.238 e. The smallest absolute Gasteiger partial charge is 0.238 e. The van der Waals surface area contributed by atoms with Crippen LogP contribution in [0.25, 0.3) is 11.1 Å². The van der Waals surface area contributed by atoms with Crippen LogP contribution in [-0.2, 0) is 17.8 Å². The SMILES string of the molecule is O=C(Cc1ccc(-c2ccccc2)cc1)NCc1ccc(C(=O)c2ccco2)s1. The van der Waals surface area contributed by atoms with Crippen molar-refractivity contribution >= 4 is 23.0 Å². The molecule has 2 heterocycles. The molecule has 0 aliphatic carbocycles. The van der Waals surface area contributed by atoms with E-state index in [2.05, 4.69) is 17.4 Å². The number of amides is 1. The molecule has 0 aliphatic rings. The Bertz CT molecular complexity index is 1100. The number of rotatable bonds is 7. The maximum atomic E-state index is 12.3. The van der Waals surface area contributed by atoms with Gasteiger partial charge in [0, 0.05) is 4.88 Å². The molecule has 29 heavy (non-hydrogen) atoms. The first-order valence-electron chi connectivity index (χ1n) is 9.27. The van der Waals surface area contributed by atoms with Gasteiger partial charge >= 0.3 is 0 Å². The van der Waals surface area contributed by atoms with Crippen LogP contribution >= 0.6 is 11.3 Å². The molecule has 4 rings (SSSR count). The molecular formula is C24H19NO3S. The minimum Gasteiger partial charge on any atom is -0.461 e. The second kappa shape index (κ2) is 8.71. The van der Waals surface area contributed by atoms with Gasteiger partial charge in [0.05, 0.1) is 24.1 Å². The van der Waals surface area contributed by atoms with Crippen molar-refractivity contribution in [3.63, 3.8) is 0 Å². The highest BCUT2D eigenvalue weighted by Gasteiger charge is 2.14. The summed E-state index contributed by atoms with van der Waals surface area (Å²) in [4.78, 5) is 26.1. The largest absolute Gasteiger partial charge is 0.461 e. The lowest BCUT2D eigenvalue weighted by Crippen LogP contribution is -2.24. The summed E-state index contributed by atoms with van der Waals surface area (Å²) in [6.07, 6.45) is 1.80. The minimum absolute atomic E-state index is 0.0511. The van der Waals surface area contributed by atoms with Gasteiger partial charge in [-0.2, -0.15) is 0 Å². The van der Waals surface area contributed by atoms with Crippen LogP contribution < -0.4 is 5.32 Å². The average molecular weight is 401 g/mol. The summed E-state index contributed by atoms with van der Waals surface area (Å²) >= 11 is 1.36. The maximum absolute atomic E-state index is 12.3. The third-order valence-electron chi connectivity index (χ3n) is 4.52. The number of hydrogen-bond donors (Lipinski definition) is 1. The number of ketones is 1. The Hall–Kier alpha value is -3.44. The lowest BCUT2D eigenvalue weighted by atomic mass is 10.0. The van der Waals surface area contributed by atoms with Crippen LogP contribution in [0.15, 0.2) is 89.5 Å². The standard InChI is InChI=1S/C24H19NO3S/c26-23(15-17-8-10-19(11-9-17)18-5-2-1-3-6-18)25-16-20-12-13-22(29-20)24(27)21-7-4-14-28-21/h1-14H,15-16H2,(H,25,26). The molecule has 2 aromatic heterocycles. The number of hydrogen-bond acceptors (Lipinski definition) is 4. The lowest BCUT2D eigenvalue weighted by molar-refractivity contribution is -0.120. The molecule has 144 valence electrons. The zero-order chi connectivity index (χ0) is 20.1. The molecule has 0 atom stereocenters. The Labute approximate surface area is 172 Å². The predicted molar refractivity (Wildman–Crippen MR) is 114 cm³/mol. The summed E-state index contributed by atoms with van der Waals surface area (Å²) in [5.41, 5.74) is 3.24. The molecule has 0 radical (unpaired) electrons. The molecule has 4 nitrogen and oxygen atoms in total. The minimum atomic E-state index is -0.143. The van der Waals surface area contributed by atoms with Gasteiger partial charge in [-0.25, -0.2) is 0 Å². The van der Waals surface area contributed by atoms with E-state index in [9.17, 15) is 9.59 Å². The molecule has 0 unspecified atom stereocenters. The van der Waals surface area contributed by atoms with Crippen LogP contribution in [0.4, 0.5) is 0 Å². The summed E-state index contributed by atoms with van der Waals surface area (Å²) in [6.45, 7) is 0.400. The van der Waals surface area contributed by atoms with E-state index in [1.807, 2.05) is 48.5 Å². The van der Waals surface area contributed by atoms with E-state index in [1.165, 1.54) is 17.6 Å². The molecule has 1 amide bonds. The van der Waals surface area contributed by atoms with Gasteiger partial charge in [-0.3, -0.25) is 9.59 Å². The number of furan rings is 1. The van der Waals surface area contributed by atoms with Crippen LogP contribution in [0.5, 0.6) is 0 Å². The summed E-state index contributed by atoms with van der Waals surface area (Å²) < 4.78 is 5.15. The fourth-order valence-corrected chi connectivity index (χ4v) is 3.90. The van der Waals surface area contributed by atoms with Gasteiger partial charge in [-0.1, -0.05) is 54.6 Å². The molecule has 0 saturated carbocycles. The van der Waals surface area contributed by atoms with Crippen molar-refractivity contribution in [1.82, 2.24) is 5.32 Å². The second-order valence-corrected chi connectivity index (χ2v) is 7.76. The van der Waals surface area contributed by atoms with Crippen LogP contribution in [0.1, 0.15) is 25.9 Å². The number of nitrogens with one attached hydrogen (secondary N) is 1. The molecule has 0 spiro atoms. The van der Waals surface area contributed by atoms with Crippen LogP contribution in [-0.4, -0.2) is 11.7 Å². The molecule has 0 fully saturated rings. The van der Waals surface area contributed by atoms with Crippen LogP contribution in [0, 0.1) is 0 Å². The quantitative estimate of drug-likeness (QED) is 0.439. The molecule has 5 heteroatoms. The Morgan fingerprint density at radius 3 is 2.31 bits per heavy atom. The van der Waals surface area contributed by atoms with E-state index >= 15 is 0 Å². The number of carbonyl (C=O) groups is 2.